The Morgan fingerprint density at radius 2 is 1.85 bits per heavy atom. The second-order valence-corrected chi connectivity index (χ2v) is 6.67. The van der Waals surface area contributed by atoms with Crippen LogP contribution in [0.4, 0.5) is 10.5 Å². The van der Waals surface area contributed by atoms with Gasteiger partial charge in [0.25, 0.3) is 5.56 Å². The average Bonchev–Trinajstić information content (AvgIpc) is 2.70. The maximum atomic E-state index is 12.6. The van der Waals surface area contributed by atoms with E-state index in [1.165, 1.54) is 0 Å². The van der Waals surface area contributed by atoms with Crippen molar-refractivity contribution in [2.24, 2.45) is 0 Å². The Morgan fingerprint density at radius 1 is 1.11 bits per heavy atom. The van der Waals surface area contributed by atoms with E-state index in [4.69, 9.17) is 0 Å². The molecule has 0 bridgehead atoms. The standard InChI is InChI=1S/C21H20N4O2/c1-14-7-9-16(10-8-14)22-21(27)25-12-11-18-17(13-25)20(26)24-19(23-18)15-5-3-2-4-6-15/h2-10H,11-13H2,1H3,(H,22,27)(H,23,24,26). The zero-order chi connectivity index (χ0) is 18.8. The summed E-state index contributed by atoms with van der Waals surface area (Å²) in [7, 11) is 0. The largest absolute Gasteiger partial charge is 0.322 e. The van der Waals surface area contributed by atoms with Crippen LogP contribution in [0, 0.1) is 6.92 Å². The normalized spacial score (nSPS) is 13.1. The van der Waals surface area contributed by atoms with Crippen LogP contribution in [0.25, 0.3) is 11.4 Å². The number of amides is 2. The Morgan fingerprint density at radius 3 is 2.59 bits per heavy atom. The number of carbonyl (C=O) groups is 1. The number of benzene rings is 2. The zero-order valence-corrected chi connectivity index (χ0v) is 15.0. The molecule has 0 saturated carbocycles. The van der Waals surface area contributed by atoms with Crippen molar-refractivity contribution in [2.75, 3.05) is 11.9 Å². The highest BCUT2D eigenvalue weighted by molar-refractivity contribution is 5.89. The Balaban J connectivity index is 1.54. The number of H-pyrrole nitrogens is 1. The third-order valence-corrected chi connectivity index (χ3v) is 4.71. The van der Waals surface area contributed by atoms with Crippen LogP contribution in [-0.2, 0) is 13.0 Å². The minimum Gasteiger partial charge on any atom is -0.320 e. The van der Waals surface area contributed by atoms with Crippen molar-refractivity contribution < 1.29 is 4.79 Å². The van der Waals surface area contributed by atoms with Crippen molar-refractivity contribution in [1.29, 1.82) is 0 Å². The molecule has 3 aromatic rings. The fraction of sp³-hybridized carbons (Fsp3) is 0.190. The first-order chi connectivity index (χ1) is 13.1. The second-order valence-electron chi connectivity index (χ2n) is 6.67. The van der Waals surface area contributed by atoms with E-state index >= 15 is 0 Å². The molecule has 0 saturated heterocycles. The van der Waals surface area contributed by atoms with Gasteiger partial charge in [-0.1, -0.05) is 48.0 Å². The number of aromatic amines is 1. The summed E-state index contributed by atoms with van der Waals surface area (Å²) in [6, 6.07) is 17.0. The number of fused-ring (bicyclic) bond motifs is 1. The molecule has 2 heterocycles. The average molecular weight is 360 g/mol. The maximum absolute atomic E-state index is 12.6. The van der Waals surface area contributed by atoms with Gasteiger partial charge in [-0.15, -0.1) is 0 Å². The van der Waals surface area contributed by atoms with E-state index in [-0.39, 0.29) is 18.1 Å². The molecule has 0 radical (unpaired) electrons. The minimum atomic E-state index is -0.212. The van der Waals surface area contributed by atoms with Crippen LogP contribution in [-0.4, -0.2) is 27.4 Å². The van der Waals surface area contributed by atoms with E-state index in [0.29, 0.717) is 24.4 Å². The van der Waals surface area contributed by atoms with Crippen LogP contribution in [0.15, 0.2) is 59.4 Å². The molecule has 1 aromatic heterocycles. The van der Waals surface area contributed by atoms with Crippen LogP contribution >= 0.6 is 0 Å². The van der Waals surface area contributed by atoms with Crippen molar-refractivity contribution in [2.45, 2.75) is 19.9 Å². The van der Waals surface area contributed by atoms with Gasteiger partial charge in [0.1, 0.15) is 5.82 Å². The lowest BCUT2D eigenvalue weighted by atomic mass is 10.1. The Kier molecular flexibility index (Phi) is 4.46. The smallest absolute Gasteiger partial charge is 0.320 e. The lowest BCUT2D eigenvalue weighted by molar-refractivity contribution is 0.205. The number of aromatic nitrogens is 2. The van der Waals surface area contributed by atoms with Gasteiger partial charge in [-0.3, -0.25) is 4.79 Å². The Hall–Kier alpha value is -3.41. The number of anilines is 1. The molecule has 6 heteroatoms. The molecular weight excluding hydrogens is 340 g/mol. The van der Waals surface area contributed by atoms with Gasteiger partial charge < -0.3 is 15.2 Å². The SMILES string of the molecule is Cc1ccc(NC(=O)N2CCc3nc(-c4ccccc4)[nH]c(=O)c3C2)cc1. The molecule has 0 spiro atoms. The molecule has 0 atom stereocenters. The highest BCUT2D eigenvalue weighted by Gasteiger charge is 2.24. The third kappa shape index (κ3) is 3.60. The van der Waals surface area contributed by atoms with Crippen molar-refractivity contribution in [3.63, 3.8) is 0 Å². The van der Waals surface area contributed by atoms with E-state index in [2.05, 4.69) is 15.3 Å². The Bertz CT molecular complexity index is 1030. The van der Waals surface area contributed by atoms with Gasteiger partial charge in [-0.2, -0.15) is 0 Å². The second kappa shape index (κ2) is 7.07. The summed E-state index contributed by atoms with van der Waals surface area (Å²) in [5, 5.41) is 2.88. The third-order valence-electron chi connectivity index (χ3n) is 4.71. The predicted molar refractivity (Wildman–Crippen MR) is 105 cm³/mol. The minimum absolute atomic E-state index is 0.188. The van der Waals surface area contributed by atoms with Crippen LogP contribution in [0.3, 0.4) is 0 Å². The molecule has 136 valence electrons. The lowest BCUT2D eigenvalue weighted by Gasteiger charge is -2.28. The van der Waals surface area contributed by atoms with E-state index < -0.39 is 0 Å². The molecule has 1 aliphatic heterocycles. The van der Waals surface area contributed by atoms with E-state index in [0.717, 1.165) is 22.5 Å². The molecule has 0 aliphatic carbocycles. The van der Waals surface area contributed by atoms with E-state index in [9.17, 15) is 9.59 Å². The van der Waals surface area contributed by atoms with Gasteiger partial charge in [0.05, 0.1) is 17.8 Å². The monoisotopic (exact) mass is 360 g/mol. The summed E-state index contributed by atoms with van der Waals surface area (Å²) >= 11 is 0. The van der Waals surface area contributed by atoms with Gasteiger partial charge in [0, 0.05) is 24.2 Å². The molecule has 1 aliphatic rings. The fourth-order valence-corrected chi connectivity index (χ4v) is 3.17. The quantitative estimate of drug-likeness (QED) is 0.736. The van der Waals surface area contributed by atoms with Crippen LogP contribution in [0.2, 0.25) is 0 Å². The fourth-order valence-electron chi connectivity index (χ4n) is 3.17. The summed E-state index contributed by atoms with van der Waals surface area (Å²) in [6.07, 6.45) is 0.556. The number of hydrogen-bond donors (Lipinski definition) is 2. The number of aryl methyl sites for hydroxylation is 1. The van der Waals surface area contributed by atoms with Gasteiger partial charge in [0.2, 0.25) is 0 Å². The molecular formula is C21H20N4O2. The summed E-state index contributed by atoms with van der Waals surface area (Å²) in [6.45, 7) is 2.77. The number of carbonyl (C=O) groups excluding carboxylic acids is 1. The van der Waals surface area contributed by atoms with Crippen LogP contribution in [0.5, 0.6) is 0 Å². The zero-order valence-electron chi connectivity index (χ0n) is 15.0. The number of nitrogens with zero attached hydrogens (tertiary/aromatic N) is 2. The molecule has 0 fully saturated rings. The molecule has 2 N–H and O–H groups in total. The topological polar surface area (TPSA) is 78.1 Å². The summed E-state index contributed by atoms with van der Waals surface area (Å²) in [5.41, 5.74) is 3.87. The van der Waals surface area contributed by atoms with Gasteiger partial charge >= 0.3 is 6.03 Å². The highest BCUT2D eigenvalue weighted by Crippen LogP contribution is 2.19. The molecule has 0 unspecified atom stereocenters. The van der Waals surface area contributed by atoms with E-state index in [1.54, 1.807) is 4.90 Å². The van der Waals surface area contributed by atoms with Gasteiger partial charge in [-0.25, -0.2) is 9.78 Å². The molecule has 6 nitrogen and oxygen atoms in total. The van der Waals surface area contributed by atoms with Gasteiger partial charge in [-0.05, 0) is 19.1 Å². The van der Waals surface area contributed by atoms with Crippen molar-refractivity contribution in [3.8, 4) is 11.4 Å². The maximum Gasteiger partial charge on any atom is 0.322 e. The van der Waals surface area contributed by atoms with E-state index in [1.807, 2.05) is 61.5 Å². The number of nitrogens with one attached hydrogen (secondary N) is 2. The number of urea groups is 1. The van der Waals surface area contributed by atoms with Crippen LogP contribution < -0.4 is 10.9 Å². The number of hydrogen-bond acceptors (Lipinski definition) is 3. The number of rotatable bonds is 2. The lowest BCUT2D eigenvalue weighted by Crippen LogP contribution is -2.41. The summed E-state index contributed by atoms with van der Waals surface area (Å²) in [5.74, 6) is 0.567. The first-order valence-electron chi connectivity index (χ1n) is 8.90. The van der Waals surface area contributed by atoms with Crippen molar-refractivity contribution >= 4 is 11.7 Å². The molecule has 27 heavy (non-hydrogen) atoms. The first kappa shape index (κ1) is 17.0. The summed E-state index contributed by atoms with van der Waals surface area (Å²) in [4.78, 5) is 34.2. The molecule has 2 amide bonds. The molecule has 4 rings (SSSR count). The highest BCUT2D eigenvalue weighted by atomic mass is 16.2. The van der Waals surface area contributed by atoms with Crippen LogP contribution in [0.1, 0.15) is 16.8 Å². The van der Waals surface area contributed by atoms with Gasteiger partial charge in [0.15, 0.2) is 0 Å². The van der Waals surface area contributed by atoms with Crippen molar-refractivity contribution in [3.05, 3.63) is 81.8 Å². The Labute approximate surface area is 156 Å². The first-order valence-corrected chi connectivity index (χ1v) is 8.90. The summed E-state index contributed by atoms with van der Waals surface area (Å²) < 4.78 is 0. The molecule has 2 aromatic carbocycles. The van der Waals surface area contributed by atoms with Crippen molar-refractivity contribution in [1.82, 2.24) is 14.9 Å². The predicted octanol–water partition coefficient (Wildman–Crippen LogP) is 3.34.